The summed E-state index contributed by atoms with van der Waals surface area (Å²) >= 11 is 1.49. The maximum Gasteiger partial charge on any atom is 0.296 e. The second kappa shape index (κ2) is 7.20. The van der Waals surface area contributed by atoms with Gasteiger partial charge in [0, 0.05) is 34.5 Å². The largest absolute Gasteiger partial charge is 0.360 e. The summed E-state index contributed by atoms with van der Waals surface area (Å²) in [6.07, 6.45) is 3.31. The van der Waals surface area contributed by atoms with Gasteiger partial charge in [-0.2, -0.15) is 0 Å². The number of aromatic nitrogens is 3. The number of carbonyl (C=O) groups excluding carboxylic acids is 2. The standard InChI is InChI=1S/C23H16N4O2S/c1-13-14(22-27-19-10-5-11-24-23(19)30-22)7-4-9-17(13)26-21(29)20(28)16-12-25-18-8-3-2-6-15(16)18/h2-12,25H,1H3,(H,26,29). The predicted octanol–water partition coefficient (Wildman–Crippen LogP) is 4.97. The number of para-hydroxylation sites is 1. The summed E-state index contributed by atoms with van der Waals surface area (Å²) in [7, 11) is 0. The molecule has 7 heteroatoms. The number of H-pyrrole nitrogens is 1. The highest BCUT2D eigenvalue weighted by atomic mass is 32.1. The molecule has 0 atom stereocenters. The van der Waals surface area contributed by atoms with Gasteiger partial charge in [-0.1, -0.05) is 41.7 Å². The number of nitrogens with one attached hydrogen (secondary N) is 2. The van der Waals surface area contributed by atoms with E-state index in [2.05, 4.69) is 20.3 Å². The first-order valence-corrected chi connectivity index (χ1v) is 10.2. The highest BCUT2D eigenvalue weighted by Crippen LogP contribution is 2.33. The van der Waals surface area contributed by atoms with Crippen LogP contribution in [0.5, 0.6) is 0 Å². The predicted molar refractivity (Wildman–Crippen MR) is 119 cm³/mol. The van der Waals surface area contributed by atoms with E-state index in [4.69, 9.17) is 0 Å². The average Bonchev–Trinajstić information content (AvgIpc) is 3.38. The van der Waals surface area contributed by atoms with Crippen molar-refractivity contribution < 1.29 is 9.59 Å². The number of carbonyl (C=O) groups is 2. The molecule has 2 N–H and O–H groups in total. The monoisotopic (exact) mass is 412 g/mol. The Hall–Kier alpha value is -3.84. The highest BCUT2D eigenvalue weighted by molar-refractivity contribution is 7.21. The second-order valence-corrected chi connectivity index (χ2v) is 7.83. The third-order valence-corrected chi connectivity index (χ3v) is 6.03. The van der Waals surface area contributed by atoms with Crippen LogP contribution in [-0.4, -0.2) is 26.6 Å². The van der Waals surface area contributed by atoms with E-state index < -0.39 is 11.7 Å². The van der Waals surface area contributed by atoms with Gasteiger partial charge in [0.15, 0.2) is 0 Å². The van der Waals surface area contributed by atoms with Crippen molar-refractivity contribution in [2.45, 2.75) is 6.92 Å². The molecule has 3 heterocycles. The van der Waals surface area contributed by atoms with Gasteiger partial charge < -0.3 is 10.3 Å². The van der Waals surface area contributed by atoms with Gasteiger partial charge in [-0.05, 0) is 36.8 Å². The van der Waals surface area contributed by atoms with Crippen LogP contribution >= 0.6 is 11.3 Å². The zero-order chi connectivity index (χ0) is 20.7. The van der Waals surface area contributed by atoms with E-state index in [0.29, 0.717) is 11.3 Å². The van der Waals surface area contributed by atoms with Crippen LogP contribution in [-0.2, 0) is 4.79 Å². The summed E-state index contributed by atoms with van der Waals surface area (Å²) in [5.41, 5.74) is 4.33. The topological polar surface area (TPSA) is 87.7 Å². The summed E-state index contributed by atoms with van der Waals surface area (Å²) in [6, 6.07) is 16.7. The lowest BCUT2D eigenvalue weighted by Gasteiger charge is -2.10. The van der Waals surface area contributed by atoms with Crippen molar-refractivity contribution in [2.24, 2.45) is 0 Å². The molecule has 146 valence electrons. The third-order valence-electron chi connectivity index (χ3n) is 5.02. The highest BCUT2D eigenvalue weighted by Gasteiger charge is 2.21. The molecule has 0 saturated heterocycles. The van der Waals surface area contributed by atoms with Crippen LogP contribution in [0, 0.1) is 6.92 Å². The van der Waals surface area contributed by atoms with Crippen molar-refractivity contribution in [1.82, 2.24) is 15.0 Å². The van der Waals surface area contributed by atoms with Gasteiger partial charge in [-0.3, -0.25) is 9.59 Å². The molecule has 6 nitrogen and oxygen atoms in total. The Kier molecular flexibility index (Phi) is 4.37. The van der Waals surface area contributed by atoms with Gasteiger partial charge in [0.05, 0.1) is 5.56 Å². The maximum absolute atomic E-state index is 12.8. The lowest BCUT2D eigenvalue weighted by Crippen LogP contribution is -2.23. The number of benzene rings is 2. The molecule has 2 aromatic carbocycles. The number of nitrogens with zero attached hydrogens (tertiary/aromatic N) is 2. The van der Waals surface area contributed by atoms with E-state index in [0.717, 1.165) is 37.4 Å². The number of anilines is 1. The van der Waals surface area contributed by atoms with Crippen LogP contribution in [0.3, 0.4) is 0 Å². The Labute approximate surface area is 175 Å². The lowest BCUT2D eigenvalue weighted by molar-refractivity contribution is -0.112. The summed E-state index contributed by atoms with van der Waals surface area (Å²) in [4.78, 5) is 38.3. The fourth-order valence-corrected chi connectivity index (χ4v) is 4.44. The normalized spacial score (nSPS) is 11.1. The molecule has 30 heavy (non-hydrogen) atoms. The van der Waals surface area contributed by atoms with Gasteiger partial charge in [-0.15, -0.1) is 0 Å². The number of thiazole rings is 1. The number of amides is 1. The van der Waals surface area contributed by atoms with Gasteiger partial charge in [0.2, 0.25) is 0 Å². The SMILES string of the molecule is Cc1c(NC(=O)C(=O)c2c[nH]c3ccccc23)cccc1-c1nc2cccnc2s1. The first kappa shape index (κ1) is 18.2. The van der Waals surface area contributed by atoms with Crippen molar-refractivity contribution in [3.05, 3.63) is 78.1 Å². The Morgan fingerprint density at radius 2 is 1.90 bits per heavy atom. The molecule has 0 spiro atoms. The molecule has 5 aromatic rings. The number of pyridine rings is 1. The zero-order valence-electron chi connectivity index (χ0n) is 16.0. The van der Waals surface area contributed by atoms with E-state index in [1.165, 1.54) is 11.3 Å². The first-order valence-electron chi connectivity index (χ1n) is 9.35. The van der Waals surface area contributed by atoms with Crippen molar-refractivity contribution in [3.8, 4) is 10.6 Å². The third kappa shape index (κ3) is 3.05. The van der Waals surface area contributed by atoms with E-state index in [1.807, 2.05) is 55.5 Å². The van der Waals surface area contributed by atoms with Crippen molar-refractivity contribution >= 4 is 50.0 Å². The number of ketones is 1. The first-order chi connectivity index (χ1) is 14.6. The Morgan fingerprint density at radius 3 is 2.77 bits per heavy atom. The van der Waals surface area contributed by atoms with Gasteiger partial charge >= 0.3 is 0 Å². The number of aromatic amines is 1. The minimum Gasteiger partial charge on any atom is -0.360 e. The molecule has 0 saturated carbocycles. The molecular weight excluding hydrogens is 396 g/mol. The van der Waals surface area contributed by atoms with Gasteiger partial charge in [0.25, 0.3) is 11.7 Å². The molecule has 0 aliphatic rings. The Bertz CT molecular complexity index is 1400. The van der Waals surface area contributed by atoms with Gasteiger partial charge in [-0.25, -0.2) is 9.97 Å². The Morgan fingerprint density at radius 1 is 1.03 bits per heavy atom. The quantitative estimate of drug-likeness (QED) is 0.322. The Balaban J connectivity index is 1.45. The molecule has 5 rings (SSSR count). The zero-order valence-corrected chi connectivity index (χ0v) is 16.8. The van der Waals surface area contributed by atoms with Crippen molar-refractivity contribution in [2.75, 3.05) is 5.32 Å². The molecule has 3 aromatic heterocycles. The summed E-state index contributed by atoms with van der Waals surface area (Å²) in [5.74, 6) is -1.26. The fraction of sp³-hybridized carbons (Fsp3) is 0.0435. The molecule has 0 aliphatic heterocycles. The van der Waals surface area contributed by atoms with E-state index in [1.54, 1.807) is 18.5 Å². The fourth-order valence-electron chi connectivity index (χ4n) is 3.45. The summed E-state index contributed by atoms with van der Waals surface area (Å²) < 4.78 is 0. The number of fused-ring (bicyclic) bond motifs is 2. The number of Topliss-reactive ketones (excluding diaryl/α,β-unsaturated/α-hetero) is 1. The molecule has 0 unspecified atom stereocenters. The van der Waals surface area contributed by atoms with Crippen LogP contribution < -0.4 is 5.32 Å². The maximum atomic E-state index is 12.8. The molecular formula is C23H16N4O2S. The van der Waals surface area contributed by atoms with Crippen molar-refractivity contribution in [3.63, 3.8) is 0 Å². The number of hydrogen-bond donors (Lipinski definition) is 2. The number of hydrogen-bond acceptors (Lipinski definition) is 5. The summed E-state index contributed by atoms with van der Waals surface area (Å²) in [5, 5.41) is 4.31. The lowest BCUT2D eigenvalue weighted by atomic mass is 10.1. The minimum absolute atomic E-state index is 0.356. The van der Waals surface area contributed by atoms with Crippen LogP contribution in [0.4, 0.5) is 5.69 Å². The molecule has 0 bridgehead atoms. The van der Waals surface area contributed by atoms with Crippen LogP contribution in [0.15, 0.2) is 67.0 Å². The average molecular weight is 412 g/mol. The second-order valence-electron chi connectivity index (χ2n) is 6.86. The van der Waals surface area contributed by atoms with Gasteiger partial charge in [0.1, 0.15) is 15.4 Å². The van der Waals surface area contributed by atoms with E-state index in [-0.39, 0.29) is 0 Å². The van der Waals surface area contributed by atoms with Crippen LogP contribution in [0.2, 0.25) is 0 Å². The van der Waals surface area contributed by atoms with Crippen LogP contribution in [0.1, 0.15) is 15.9 Å². The molecule has 0 radical (unpaired) electrons. The smallest absolute Gasteiger partial charge is 0.296 e. The molecule has 0 aliphatic carbocycles. The number of rotatable bonds is 4. The van der Waals surface area contributed by atoms with Crippen molar-refractivity contribution in [1.29, 1.82) is 0 Å². The molecule has 1 amide bonds. The van der Waals surface area contributed by atoms with E-state index in [9.17, 15) is 9.59 Å². The van der Waals surface area contributed by atoms with Crippen LogP contribution in [0.25, 0.3) is 31.8 Å². The summed E-state index contributed by atoms with van der Waals surface area (Å²) in [6.45, 7) is 1.90. The van der Waals surface area contributed by atoms with E-state index >= 15 is 0 Å². The minimum atomic E-state index is -0.675. The molecule has 0 fully saturated rings.